The largest absolute Gasteiger partial charge is 0.486 e. The van der Waals surface area contributed by atoms with Crippen LogP contribution in [0.4, 0.5) is 0 Å². The lowest BCUT2D eigenvalue weighted by Crippen LogP contribution is -2.30. The number of amides is 1. The fourth-order valence-electron chi connectivity index (χ4n) is 2.91. The fourth-order valence-corrected chi connectivity index (χ4v) is 2.91. The van der Waals surface area contributed by atoms with Crippen molar-refractivity contribution in [2.24, 2.45) is 0 Å². The summed E-state index contributed by atoms with van der Waals surface area (Å²) in [6.45, 7) is 2.63. The average Bonchev–Trinajstić information content (AvgIpc) is 3.34. The summed E-state index contributed by atoms with van der Waals surface area (Å²) < 4.78 is 7.85. The van der Waals surface area contributed by atoms with E-state index in [-0.39, 0.29) is 12.5 Å². The highest BCUT2D eigenvalue weighted by Gasteiger charge is 2.24. The zero-order valence-corrected chi connectivity index (χ0v) is 14.2. The Labute approximate surface area is 146 Å². The van der Waals surface area contributed by atoms with Crippen molar-refractivity contribution < 1.29 is 9.53 Å². The second-order valence-corrected chi connectivity index (χ2v) is 6.55. The number of nitrogens with one attached hydrogen (secondary N) is 1. The molecule has 0 bridgehead atoms. The summed E-state index contributed by atoms with van der Waals surface area (Å²) in [4.78, 5) is 16.9. The van der Waals surface area contributed by atoms with Crippen LogP contribution in [0.5, 0.6) is 5.75 Å². The van der Waals surface area contributed by atoms with Crippen molar-refractivity contribution in [1.82, 2.24) is 14.9 Å². The Bertz CT molecular complexity index is 912. The number of nitrogens with zero attached hydrogens (tertiary/aromatic N) is 2. The third-order valence-electron chi connectivity index (χ3n) is 4.34. The van der Waals surface area contributed by atoms with Crippen LogP contribution < -0.4 is 10.1 Å². The van der Waals surface area contributed by atoms with Gasteiger partial charge in [0.05, 0.1) is 11.0 Å². The highest BCUT2D eigenvalue weighted by atomic mass is 16.5. The Morgan fingerprint density at radius 3 is 2.88 bits per heavy atom. The number of ether oxygens (including phenoxy) is 1. The molecule has 4 rings (SSSR count). The van der Waals surface area contributed by atoms with E-state index in [9.17, 15) is 4.79 Å². The van der Waals surface area contributed by atoms with E-state index in [1.807, 2.05) is 60.0 Å². The molecule has 1 heterocycles. The molecular weight excluding hydrogens is 314 g/mol. The number of aromatic nitrogens is 2. The fraction of sp³-hybridized carbons (Fsp3) is 0.300. The van der Waals surface area contributed by atoms with E-state index in [1.165, 1.54) is 0 Å². The SMILES string of the molecule is Cc1cccc(OCc2nc3ccccc3n2CC(=O)NC2CC2)c1. The number of para-hydroxylation sites is 2. The molecule has 0 atom stereocenters. The lowest BCUT2D eigenvalue weighted by Gasteiger charge is -2.11. The van der Waals surface area contributed by atoms with E-state index < -0.39 is 0 Å². The standard InChI is InChI=1S/C20H21N3O2/c1-14-5-4-6-16(11-14)25-13-19-22-17-7-2-3-8-18(17)23(19)12-20(24)21-15-9-10-15/h2-8,11,15H,9-10,12-13H2,1H3,(H,21,24). The third-order valence-corrected chi connectivity index (χ3v) is 4.34. The molecule has 1 aliphatic rings. The van der Waals surface area contributed by atoms with Gasteiger partial charge < -0.3 is 14.6 Å². The van der Waals surface area contributed by atoms with Gasteiger partial charge in [-0.3, -0.25) is 4.79 Å². The smallest absolute Gasteiger partial charge is 0.240 e. The van der Waals surface area contributed by atoms with Crippen LogP contribution >= 0.6 is 0 Å². The molecule has 0 spiro atoms. The van der Waals surface area contributed by atoms with Gasteiger partial charge in [-0.2, -0.15) is 0 Å². The van der Waals surface area contributed by atoms with Gasteiger partial charge in [-0.1, -0.05) is 24.3 Å². The Morgan fingerprint density at radius 2 is 2.08 bits per heavy atom. The molecular formula is C20H21N3O2. The second kappa shape index (κ2) is 6.59. The number of hydrogen-bond donors (Lipinski definition) is 1. The third kappa shape index (κ3) is 3.65. The molecule has 1 saturated carbocycles. The van der Waals surface area contributed by atoms with Gasteiger partial charge in [0.2, 0.25) is 5.91 Å². The molecule has 0 saturated heterocycles. The molecule has 3 aromatic rings. The highest BCUT2D eigenvalue weighted by Crippen LogP contribution is 2.21. The number of rotatable bonds is 6. The number of imidazole rings is 1. The van der Waals surface area contributed by atoms with E-state index >= 15 is 0 Å². The predicted molar refractivity (Wildman–Crippen MR) is 96.4 cm³/mol. The van der Waals surface area contributed by atoms with Gasteiger partial charge in [0, 0.05) is 6.04 Å². The van der Waals surface area contributed by atoms with Crippen LogP contribution in [0.2, 0.25) is 0 Å². The minimum Gasteiger partial charge on any atom is -0.486 e. The van der Waals surface area contributed by atoms with Crippen LogP contribution in [0, 0.1) is 6.92 Å². The quantitative estimate of drug-likeness (QED) is 0.752. The lowest BCUT2D eigenvalue weighted by molar-refractivity contribution is -0.121. The maximum Gasteiger partial charge on any atom is 0.240 e. The van der Waals surface area contributed by atoms with Gasteiger partial charge in [0.15, 0.2) is 0 Å². The molecule has 1 aliphatic carbocycles. The van der Waals surface area contributed by atoms with Crippen LogP contribution in [-0.2, 0) is 17.9 Å². The molecule has 1 aromatic heterocycles. The number of carbonyl (C=O) groups excluding carboxylic acids is 1. The molecule has 1 fully saturated rings. The first kappa shape index (κ1) is 15.7. The Kier molecular flexibility index (Phi) is 4.14. The summed E-state index contributed by atoms with van der Waals surface area (Å²) in [6, 6.07) is 16.1. The first-order chi connectivity index (χ1) is 12.2. The number of hydrogen-bond acceptors (Lipinski definition) is 3. The van der Waals surface area contributed by atoms with Gasteiger partial charge in [0.25, 0.3) is 0 Å². The van der Waals surface area contributed by atoms with Crippen molar-refractivity contribution in [2.45, 2.75) is 39.0 Å². The summed E-state index contributed by atoms with van der Waals surface area (Å²) in [5.74, 6) is 1.59. The Hall–Kier alpha value is -2.82. The van der Waals surface area contributed by atoms with Crippen molar-refractivity contribution in [1.29, 1.82) is 0 Å². The summed E-state index contributed by atoms with van der Waals surface area (Å²) >= 11 is 0. The summed E-state index contributed by atoms with van der Waals surface area (Å²) in [6.07, 6.45) is 2.17. The Balaban J connectivity index is 1.57. The van der Waals surface area contributed by atoms with Gasteiger partial charge in [-0.25, -0.2) is 4.98 Å². The normalized spacial score (nSPS) is 13.8. The minimum atomic E-state index is 0.0301. The van der Waals surface area contributed by atoms with E-state index in [0.29, 0.717) is 12.6 Å². The highest BCUT2D eigenvalue weighted by molar-refractivity contribution is 5.81. The van der Waals surface area contributed by atoms with Crippen molar-refractivity contribution >= 4 is 16.9 Å². The molecule has 1 amide bonds. The number of fused-ring (bicyclic) bond motifs is 1. The zero-order valence-electron chi connectivity index (χ0n) is 14.2. The van der Waals surface area contributed by atoms with Crippen LogP contribution in [0.3, 0.4) is 0 Å². The number of carbonyl (C=O) groups is 1. The molecule has 1 N–H and O–H groups in total. The minimum absolute atomic E-state index is 0.0301. The van der Waals surface area contributed by atoms with Gasteiger partial charge in [0.1, 0.15) is 24.7 Å². The molecule has 0 unspecified atom stereocenters. The number of benzene rings is 2. The zero-order chi connectivity index (χ0) is 17.2. The molecule has 25 heavy (non-hydrogen) atoms. The lowest BCUT2D eigenvalue weighted by atomic mass is 10.2. The van der Waals surface area contributed by atoms with Crippen LogP contribution in [-0.4, -0.2) is 21.5 Å². The van der Waals surface area contributed by atoms with Crippen molar-refractivity contribution in [3.8, 4) is 5.75 Å². The summed E-state index contributed by atoms with van der Waals surface area (Å²) in [5, 5.41) is 3.04. The molecule has 0 aliphatic heterocycles. The maximum atomic E-state index is 12.3. The van der Waals surface area contributed by atoms with Crippen molar-refractivity contribution in [2.75, 3.05) is 0 Å². The maximum absolute atomic E-state index is 12.3. The molecule has 5 nitrogen and oxygen atoms in total. The number of aryl methyl sites for hydroxylation is 1. The van der Waals surface area contributed by atoms with Crippen molar-refractivity contribution in [3.63, 3.8) is 0 Å². The molecule has 0 radical (unpaired) electrons. The molecule has 128 valence electrons. The van der Waals surface area contributed by atoms with Crippen LogP contribution in [0.15, 0.2) is 48.5 Å². The average molecular weight is 335 g/mol. The van der Waals surface area contributed by atoms with E-state index in [2.05, 4.69) is 10.3 Å². The predicted octanol–water partition coefficient (Wildman–Crippen LogP) is 3.20. The van der Waals surface area contributed by atoms with Gasteiger partial charge >= 0.3 is 0 Å². The summed E-state index contributed by atoms with van der Waals surface area (Å²) in [7, 11) is 0. The second-order valence-electron chi connectivity index (χ2n) is 6.55. The molecule has 5 heteroatoms. The van der Waals surface area contributed by atoms with Gasteiger partial charge in [-0.15, -0.1) is 0 Å². The first-order valence-electron chi connectivity index (χ1n) is 8.62. The monoisotopic (exact) mass is 335 g/mol. The topological polar surface area (TPSA) is 56.2 Å². The van der Waals surface area contributed by atoms with E-state index in [1.54, 1.807) is 0 Å². The molecule has 2 aromatic carbocycles. The van der Waals surface area contributed by atoms with Gasteiger partial charge in [-0.05, 0) is 49.6 Å². The summed E-state index contributed by atoms with van der Waals surface area (Å²) in [5.41, 5.74) is 2.98. The van der Waals surface area contributed by atoms with Crippen molar-refractivity contribution in [3.05, 3.63) is 59.9 Å². The van der Waals surface area contributed by atoms with Crippen LogP contribution in [0.25, 0.3) is 11.0 Å². The Morgan fingerprint density at radius 1 is 1.24 bits per heavy atom. The van der Waals surface area contributed by atoms with E-state index in [4.69, 9.17) is 4.74 Å². The first-order valence-corrected chi connectivity index (χ1v) is 8.62. The van der Waals surface area contributed by atoms with E-state index in [0.717, 1.165) is 41.0 Å². The van der Waals surface area contributed by atoms with Crippen LogP contribution in [0.1, 0.15) is 24.2 Å².